The number of hydrogen-bond acceptors (Lipinski definition) is 11. The van der Waals surface area contributed by atoms with Crippen molar-refractivity contribution in [1.29, 1.82) is 0 Å². The van der Waals surface area contributed by atoms with E-state index in [0.29, 0.717) is 66.0 Å². The highest BCUT2D eigenvalue weighted by Crippen LogP contribution is 2.28. The molecular weight excluding hydrogens is 674 g/mol. The van der Waals surface area contributed by atoms with Gasteiger partial charge in [-0.1, -0.05) is 23.2 Å². The number of sulfonamides is 1. The van der Waals surface area contributed by atoms with Crippen LogP contribution in [0.4, 0.5) is 23.3 Å². The van der Waals surface area contributed by atoms with E-state index in [0.717, 1.165) is 45.2 Å². The average molecular weight is 709 g/mol. The maximum Gasteiger partial charge on any atom is 0.236 e. The molecule has 0 spiro atoms. The molecule has 0 aromatic carbocycles. The Morgan fingerprint density at radius 3 is 1.76 bits per heavy atom. The van der Waals surface area contributed by atoms with Gasteiger partial charge in [0.05, 0.1) is 37.9 Å². The fourth-order valence-corrected chi connectivity index (χ4v) is 7.15. The van der Waals surface area contributed by atoms with Gasteiger partial charge in [0.2, 0.25) is 19.1 Å². The molecule has 2 aromatic heterocycles. The van der Waals surface area contributed by atoms with E-state index in [1.165, 1.54) is 4.31 Å². The lowest BCUT2D eigenvalue weighted by molar-refractivity contribution is 0.122. The minimum Gasteiger partial charge on any atom is -0.384 e. The zero-order valence-corrected chi connectivity index (χ0v) is 27.5. The Hall–Kier alpha value is -1.52. The number of nitrogen functional groups attached to an aromatic ring is 1. The molecule has 5 rings (SSSR count). The van der Waals surface area contributed by atoms with E-state index in [-0.39, 0.29) is 11.5 Å². The molecule has 0 amide bonds. The molecule has 3 saturated heterocycles. The van der Waals surface area contributed by atoms with Crippen LogP contribution in [0.5, 0.6) is 0 Å². The van der Waals surface area contributed by atoms with Crippen LogP contribution in [-0.4, -0.2) is 103 Å². The third kappa shape index (κ3) is 11.5. The largest absolute Gasteiger partial charge is 0.384 e. The second kappa shape index (κ2) is 16.5. The number of nitrogens with zero attached hydrogens (tertiary/aromatic N) is 5. The van der Waals surface area contributed by atoms with Gasteiger partial charge in [-0.25, -0.2) is 26.8 Å². The summed E-state index contributed by atoms with van der Waals surface area (Å²) < 4.78 is 56.0. The second-order valence-electron chi connectivity index (χ2n) is 9.30. The topological polar surface area (TPSA) is 148 Å². The Balaban J connectivity index is 0.000000192. The van der Waals surface area contributed by atoms with Crippen molar-refractivity contribution in [3.8, 4) is 0 Å². The predicted molar refractivity (Wildman–Crippen MR) is 170 cm³/mol. The molecule has 3 aliphatic rings. The molecule has 2 N–H and O–H groups in total. The highest BCUT2D eigenvalue weighted by molar-refractivity contribution is 8.13. The molecule has 42 heavy (non-hydrogen) atoms. The van der Waals surface area contributed by atoms with Gasteiger partial charge < -0.3 is 25.0 Å². The molecule has 0 unspecified atom stereocenters. The van der Waals surface area contributed by atoms with E-state index in [9.17, 15) is 16.8 Å². The Morgan fingerprint density at radius 2 is 1.33 bits per heavy atom. The van der Waals surface area contributed by atoms with Crippen LogP contribution in [0.1, 0.15) is 12.8 Å². The molecule has 0 saturated carbocycles. The lowest BCUT2D eigenvalue weighted by Gasteiger charge is -2.29. The third-order valence-electron chi connectivity index (χ3n) is 6.11. The number of aromatic nitrogens is 2. The summed E-state index contributed by atoms with van der Waals surface area (Å²) in [6.07, 6.45) is 1.05. The summed E-state index contributed by atoms with van der Waals surface area (Å²) >= 11 is 17.2. The SMILES string of the molecule is Nc1cc(Cl)cc(N2CCOCC2)n1.O=S(=O)(Cl)CCCCl.O=S1(=O)CCCN1c1cc(Cl)cc(N2CCOCC2)n1. The van der Waals surface area contributed by atoms with E-state index >= 15 is 0 Å². The first-order chi connectivity index (χ1) is 19.9. The summed E-state index contributed by atoms with van der Waals surface area (Å²) in [4.78, 5) is 12.9. The fraction of sp³-hybridized carbons (Fsp3) is 0.583. The van der Waals surface area contributed by atoms with Crippen molar-refractivity contribution in [3.05, 3.63) is 34.3 Å². The fourth-order valence-electron chi connectivity index (χ4n) is 4.13. The number of pyridine rings is 2. The molecule has 0 bridgehead atoms. The van der Waals surface area contributed by atoms with Crippen molar-refractivity contribution in [3.63, 3.8) is 0 Å². The summed E-state index contributed by atoms with van der Waals surface area (Å²) in [5.74, 6) is 2.89. The monoisotopic (exact) mass is 706 g/mol. The van der Waals surface area contributed by atoms with E-state index in [2.05, 4.69) is 19.8 Å². The number of ether oxygens (including phenoxy) is 2. The molecule has 3 aliphatic heterocycles. The van der Waals surface area contributed by atoms with Crippen LogP contribution >= 0.6 is 45.5 Å². The molecule has 12 nitrogen and oxygen atoms in total. The summed E-state index contributed by atoms with van der Waals surface area (Å²) in [6.45, 7) is 6.37. The van der Waals surface area contributed by atoms with Gasteiger partial charge in [-0.15, -0.1) is 11.6 Å². The van der Waals surface area contributed by atoms with E-state index in [4.69, 9.17) is 60.7 Å². The van der Waals surface area contributed by atoms with E-state index in [1.54, 1.807) is 18.2 Å². The molecule has 18 heteroatoms. The Morgan fingerprint density at radius 1 is 0.833 bits per heavy atom. The molecule has 3 fully saturated rings. The zero-order valence-electron chi connectivity index (χ0n) is 22.8. The van der Waals surface area contributed by atoms with Gasteiger partial charge in [-0.2, -0.15) is 0 Å². The maximum atomic E-state index is 12.0. The minimum absolute atomic E-state index is 0.0297. The summed E-state index contributed by atoms with van der Waals surface area (Å²) in [5.41, 5.74) is 5.61. The van der Waals surface area contributed by atoms with Gasteiger partial charge in [0.25, 0.3) is 0 Å². The Bertz CT molecular complexity index is 1360. The highest BCUT2D eigenvalue weighted by Gasteiger charge is 2.30. The van der Waals surface area contributed by atoms with Crippen molar-refractivity contribution in [1.82, 2.24) is 9.97 Å². The van der Waals surface area contributed by atoms with E-state index in [1.807, 2.05) is 6.07 Å². The van der Waals surface area contributed by atoms with Crippen molar-refractivity contribution in [2.45, 2.75) is 12.8 Å². The van der Waals surface area contributed by atoms with Crippen LogP contribution in [0, 0.1) is 0 Å². The first-order valence-corrected chi connectivity index (χ1v) is 18.5. The van der Waals surface area contributed by atoms with Crippen LogP contribution in [-0.2, 0) is 28.5 Å². The number of alkyl halides is 1. The number of nitrogens with two attached hydrogens (primary N) is 1. The van der Waals surface area contributed by atoms with Gasteiger partial charge in [0.1, 0.15) is 23.3 Å². The quantitative estimate of drug-likeness (QED) is 0.348. The lowest BCUT2D eigenvalue weighted by atomic mass is 10.3. The van der Waals surface area contributed by atoms with Crippen LogP contribution in [0.2, 0.25) is 10.0 Å². The molecule has 236 valence electrons. The standard InChI is InChI=1S/C12H16ClN3O3S.C9H12ClN3O.C3H6Cl2O2S/c13-10-8-11(15-3-5-19-6-4-15)14-12(9-10)16-2-1-7-20(16,17)18;10-7-5-8(11)12-9(6-7)13-1-3-14-4-2-13;4-2-1-3-8(5,6)7/h8-9H,1-7H2;5-6H,1-4H2,(H2,11,12);1-3H2. The third-order valence-corrected chi connectivity index (χ3v) is 9.89. The molecule has 0 atom stereocenters. The van der Waals surface area contributed by atoms with Crippen molar-refractivity contribution in [2.75, 3.05) is 96.4 Å². The van der Waals surface area contributed by atoms with E-state index < -0.39 is 19.1 Å². The first-order valence-electron chi connectivity index (χ1n) is 13.1. The normalized spacial score (nSPS) is 18.5. The molecular formula is C24H34Cl4N6O6S2. The Labute approximate surface area is 266 Å². The van der Waals surface area contributed by atoms with Gasteiger partial charge in [0.15, 0.2) is 0 Å². The first kappa shape index (κ1) is 35.0. The van der Waals surface area contributed by atoms with Crippen LogP contribution in [0.3, 0.4) is 0 Å². The van der Waals surface area contributed by atoms with Gasteiger partial charge >= 0.3 is 0 Å². The smallest absolute Gasteiger partial charge is 0.236 e. The maximum absolute atomic E-state index is 12.0. The number of rotatable bonds is 6. The van der Waals surface area contributed by atoms with Crippen LogP contribution < -0.4 is 19.8 Å². The van der Waals surface area contributed by atoms with Gasteiger partial charge in [0, 0.05) is 65.4 Å². The minimum atomic E-state index is -3.30. The van der Waals surface area contributed by atoms with Gasteiger partial charge in [-0.3, -0.25) is 4.31 Å². The van der Waals surface area contributed by atoms with Crippen molar-refractivity contribution in [2.24, 2.45) is 0 Å². The van der Waals surface area contributed by atoms with Crippen LogP contribution in [0.15, 0.2) is 24.3 Å². The average Bonchev–Trinajstić information content (AvgIpc) is 3.31. The number of anilines is 4. The van der Waals surface area contributed by atoms with Crippen molar-refractivity contribution < 1.29 is 26.3 Å². The summed E-state index contributed by atoms with van der Waals surface area (Å²) in [5, 5.41) is 1.12. The number of hydrogen-bond donors (Lipinski definition) is 1. The molecule has 2 aromatic rings. The highest BCUT2D eigenvalue weighted by atomic mass is 35.7. The number of halogens is 4. The number of morpholine rings is 2. The Kier molecular flexibility index (Phi) is 13.8. The summed E-state index contributed by atoms with van der Waals surface area (Å²) in [6, 6.07) is 6.84. The zero-order chi connectivity index (χ0) is 30.8. The molecule has 5 heterocycles. The van der Waals surface area contributed by atoms with Gasteiger partial charge in [-0.05, 0) is 31.0 Å². The lowest BCUT2D eigenvalue weighted by Crippen LogP contribution is -2.37. The summed E-state index contributed by atoms with van der Waals surface area (Å²) in [7, 11) is -1.71. The van der Waals surface area contributed by atoms with Crippen molar-refractivity contribution >= 4 is 87.8 Å². The van der Waals surface area contributed by atoms with Crippen LogP contribution in [0.25, 0.3) is 0 Å². The predicted octanol–water partition coefficient (Wildman–Crippen LogP) is 3.45. The molecule has 0 radical (unpaired) electrons. The second-order valence-corrected chi connectivity index (χ2v) is 15.5. The molecule has 0 aliphatic carbocycles.